The molecule has 1 fully saturated rings. The van der Waals surface area contributed by atoms with E-state index in [0.29, 0.717) is 4.83 Å². The first-order valence-corrected chi connectivity index (χ1v) is 6.29. The van der Waals surface area contributed by atoms with Gasteiger partial charge in [-0.25, -0.2) is 0 Å². The summed E-state index contributed by atoms with van der Waals surface area (Å²) in [4.78, 5) is 0.711. The van der Waals surface area contributed by atoms with Crippen LogP contribution in [0.4, 0.5) is 0 Å². The summed E-state index contributed by atoms with van der Waals surface area (Å²) in [6.45, 7) is 4.61. The average Bonchev–Trinajstić information content (AvgIpc) is 2.51. The summed E-state index contributed by atoms with van der Waals surface area (Å²) in [6, 6.07) is 0. The highest BCUT2D eigenvalue weighted by atomic mass is 79.9. The molecular formula is C11H21Br. The summed E-state index contributed by atoms with van der Waals surface area (Å²) in [5, 5.41) is 0. The van der Waals surface area contributed by atoms with Gasteiger partial charge in [-0.15, -0.1) is 0 Å². The molecule has 0 spiro atoms. The molecule has 2 atom stereocenters. The van der Waals surface area contributed by atoms with Crippen molar-refractivity contribution in [3.8, 4) is 0 Å². The molecule has 0 heterocycles. The maximum absolute atomic E-state index is 3.71. The van der Waals surface area contributed by atoms with Gasteiger partial charge in [0.2, 0.25) is 0 Å². The molecular weight excluding hydrogens is 212 g/mol. The molecule has 0 bridgehead atoms. The largest absolute Gasteiger partial charge is 0.0891 e. The van der Waals surface area contributed by atoms with E-state index in [2.05, 4.69) is 29.8 Å². The number of hydrogen-bond donors (Lipinski definition) is 0. The first-order valence-electron chi connectivity index (χ1n) is 5.38. The van der Waals surface area contributed by atoms with Crippen LogP contribution in [0.2, 0.25) is 0 Å². The van der Waals surface area contributed by atoms with E-state index >= 15 is 0 Å². The Morgan fingerprint density at radius 3 is 2.33 bits per heavy atom. The van der Waals surface area contributed by atoms with Gasteiger partial charge >= 0.3 is 0 Å². The second kappa shape index (κ2) is 5.26. The summed E-state index contributed by atoms with van der Waals surface area (Å²) >= 11 is 3.71. The highest BCUT2D eigenvalue weighted by molar-refractivity contribution is 9.09. The van der Waals surface area contributed by atoms with Crippen LogP contribution >= 0.6 is 15.9 Å². The third-order valence-corrected chi connectivity index (χ3v) is 4.03. The topological polar surface area (TPSA) is 0 Å². The molecule has 72 valence electrons. The maximum Gasteiger partial charge on any atom is 0.0145 e. The molecule has 0 radical (unpaired) electrons. The summed E-state index contributed by atoms with van der Waals surface area (Å²) < 4.78 is 0. The van der Waals surface area contributed by atoms with Crippen LogP contribution in [-0.4, -0.2) is 4.83 Å². The Labute approximate surface area is 85.3 Å². The highest BCUT2D eigenvalue weighted by Gasteiger charge is 2.21. The van der Waals surface area contributed by atoms with Gasteiger partial charge in [0.15, 0.2) is 0 Å². The van der Waals surface area contributed by atoms with E-state index in [1.807, 2.05) is 0 Å². The van der Waals surface area contributed by atoms with E-state index in [0.717, 1.165) is 11.8 Å². The van der Waals surface area contributed by atoms with Crippen molar-refractivity contribution >= 4 is 15.9 Å². The standard InChI is InChI=1S/C11H21Br/c1-3-11(9(2)12)8-10-6-4-5-7-10/h9-11H,3-8H2,1-2H3. The lowest BCUT2D eigenvalue weighted by atomic mass is 9.90. The predicted octanol–water partition coefficient (Wildman–Crippen LogP) is 4.38. The van der Waals surface area contributed by atoms with E-state index in [9.17, 15) is 0 Å². The summed E-state index contributed by atoms with van der Waals surface area (Å²) in [5.74, 6) is 1.96. The van der Waals surface area contributed by atoms with Crippen molar-refractivity contribution < 1.29 is 0 Å². The van der Waals surface area contributed by atoms with Crippen molar-refractivity contribution in [2.45, 2.75) is 57.2 Å². The Bertz CT molecular complexity index is 114. The molecule has 1 heteroatoms. The van der Waals surface area contributed by atoms with Gasteiger partial charge in [0.1, 0.15) is 0 Å². The van der Waals surface area contributed by atoms with Gasteiger partial charge in [0.25, 0.3) is 0 Å². The Balaban J connectivity index is 2.26. The fourth-order valence-electron chi connectivity index (χ4n) is 2.35. The lowest BCUT2D eigenvalue weighted by Crippen LogP contribution is -2.13. The van der Waals surface area contributed by atoms with Gasteiger partial charge in [-0.1, -0.05) is 61.9 Å². The quantitative estimate of drug-likeness (QED) is 0.632. The number of halogens is 1. The van der Waals surface area contributed by atoms with Crippen LogP contribution in [0.25, 0.3) is 0 Å². The predicted molar refractivity (Wildman–Crippen MR) is 58.7 cm³/mol. The fraction of sp³-hybridized carbons (Fsp3) is 1.00. The molecule has 1 saturated carbocycles. The van der Waals surface area contributed by atoms with Gasteiger partial charge in [-0.3, -0.25) is 0 Å². The van der Waals surface area contributed by atoms with Gasteiger partial charge < -0.3 is 0 Å². The van der Waals surface area contributed by atoms with Crippen LogP contribution in [0.3, 0.4) is 0 Å². The Hall–Kier alpha value is 0.480. The Morgan fingerprint density at radius 1 is 1.33 bits per heavy atom. The Morgan fingerprint density at radius 2 is 1.92 bits per heavy atom. The Kier molecular flexibility index (Phi) is 4.63. The van der Waals surface area contributed by atoms with E-state index in [-0.39, 0.29) is 0 Å². The van der Waals surface area contributed by atoms with Crippen LogP contribution in [0.1, 0.15) is 52.4 Å². The van der Waals surface area contributed by atoms with E-state index in [1.54, 1.807) is 0 Å². The molecule has 2 unspecified atom stereocenters. The first kappa shape index (κ1) is 10.6. The third-order valence-electron chi connectivity index (χ3n) is 3.28. The number of alkyl halides is 1. The molecule has 0 N–H and O–H groups in total. The monoisotopic (exact) mass is 232 g/mol. The number of hydrogen-bond acceptors (Lipinski definition) is 0. The fourth-order valence-corrected chi connectivity index (χ4v) is 2.94. The molecule has 0 aromatic rings. The third kappa shape index (κ3) is 3.08. The first-order chi connectivity index (χ1) is 5.74. The maximum atomic E-state index is 3.71. The highest BCUT2D eigenvalue weighted by Crippen LogP contribution is 2.33. The zero-order valence-electron chi connectivity index (χ0n) is 8.35. The zero-order valence-corrected chi connectivity index (χ0v) is 9.94. The van der Waals surface area contributed by atoms with Crippen LogP contribution in [-0.2, 0) is 0 Å². The minimum absolute atomic E-state index is 0.711. The van der Waals surface area contributed by atoms with E-state index in [4.69, 9.17) is 0 Å². The zero-order chi connectivity index (χ0) is 8.97. The molecule has 1 aliphatic rings. The molecule has 0 aliphatic heterocycles. The van der Waals surface area contributed by atoms with Gasteiger partial charge in [-0.2, -0.15) is 0 Å². The molecule has 1 aliphatic carbocycles. The van der Waals surface area contributed by atoms with Crippen LogP contribution in [0.5, 0.6) is 0 Å². The van der Waals surface area contributed by atoms with Crippen molar-refractivity contribution in [1.29, 1.82) is 0 Å². The van der Waals surface area contributed by atoms with Crippen LogP contribution < -0.4 is 0 Å². The van der Waals surface area contributed by atoms with Crippen molar-refractivity contribution in [3.63, 3.8) is 0 Å². The molecule has 0 nitrogen and oxygen atoms in total. The van der Waals surface area contributed by atoms with E-state index in [1.165, 1.54) is 38.5 Å². The van der Waals surface area contributed by atoms with Gasteiger partial charge in [-0.05, 0) is 18.3 Å². The smallest absolute Gasteiger partial charge is 0.0145 e. The second-order valence-electron chi connectivity index (χ2n) is 4.23. The molecule has 0 amide bonds. The van der Waals surface area contributed by atoms with Gasteiger partial charge in [0, 0.05) is 4.83 Å². The minimum Gasteiger partial charge on any atom is -0.0891 e. The summed E-state index contributed by atoms with van der Waals surface area (Å²) in [6.07, 6.45) is 8.76. The number of rotatable bonds is 4. The molecule has 1 rings (SSSR count). The van der Waals surface area contributed by atoms with Crippen molar-refractivity contribution in [1.82, 2.24) is 0 Å². The lowest BCUT2D eigenvalue weighted by molar-refractivity contribution is 0.367. The SMILES string of the molecule is CCC(CC1CCCC1)C(C)Br. The van der Waals surface area contributed by atoms with Crippen LogP contribution in [0.15, 0.2) is 0 Å². The minimum atomic E-state index is 0.711. The summed E-state index contributed by atoms with van der Waals surface area (Å²) in [7, 11) is 0. The molecule has 0 aromatic carbocycles. The van der Waals surface area contributed by atoms with Crippen LogP contribution in [0, 0.1) is 11.8 Å². The van der Waals surface area contributed by atoms with Crippen molar-refractivity contribution in [3.05, 3.63) is 0 Å². The van der Waals surface area contributed by atoms with Gasteiger partial charge in [0.05, 0.1) is 0 Å². The molecule has 0 aromatic heterocycles. The van der Waals surface area contributed by atoms with Crippen molar-refractivity contribution in [2.24, 2.45) is 11.8 Å². The summed E-state index contributed by atoms with van der Waals surface area (Å²) in [5.41, 5.74) is 0. The van der Waals surface area contributed by atoms with Crippen molar-refractivity contribution in [2.75, 3.05) is 0 Å². The van der Waals surface area contributed by atoms with E-state index < -0.39 is 0 Å². The average molecular weight is 233 g/mol. The molecule has 12 heavy (non-hydrogen) atoms. The lowest BCUT2D eigenvalue weighted by Gasteiger charge is -2.21. The second-order valence-corrected chi connectivity index (χ2v) is 5.68. The normalized spacial score (nSPS) is 24.2. The molecule has 0 saturated heterocycles.